The third kappa shape index (κ3) is 4.91. The first-order chi connectivity index (χ1) is 15.6. The van der Waals surface area contributed by atoms with Gasteiger partial charge in [0.2, 0.25) is 5.91 Å². The number of piperidine rings is 1. The van der Waals surface area contributed by atoms with Crippen LogP contribution in [0.3, 0.4) is 0 Å². The number of aliphatic hydroxyl groups excluding tert-OH is 1. The lowest BCUT2D eigenvalue weighted by molar-refractivity contribution is -0.164. The van der Waals surface area contributed by atoms with E-state index in [-0.39, 0.29) is 30.2 Å². The molecule has 2 aromatic rings. The molecule has 0 spiro atoms. The minimum Gasteiger partial charge on any atom is -0.481 e. The number of carbonyl (C=O) groups is 2. The Kier molecular flexibility index (Phi) is 6.77. The Morgan fingerprint density at radius 3 is 2.33 bits per heavy atom. The van der Waals surface area contributed by atoms with Gasteiger partial charge in [-0.15, -0.1) is 0 Å². The number of hydrogen-bond acceptors (Lipinski definition) is 3. The molecule has 5 atom stereocenters. The number of hydrogen-bond donors (Lipinski definition) is 2. The number of amides is 1. The summed E-state index contributed by atoms with van der Waals surface area (Å²) in [5.41, 5.74) is 0.738. The molecule has 0 unspecified atom stereocenters. The van der Waals surface area contributed by atoms with Gasteiger partial charge in [-0.05, 0) is 67.5 Å². The lowest BCUT2D eigenvalue weighted by Gasteiger charge is -2.52. The summed E-state index contributed by atoms with van der Waals surface area (Å²) in [7, 11) is 0. The molecule has 1 amide bonds. The van der Waals surface area contributed by atoms with Crippen molar-refractivity contribution in [2.75, 3.05) is 0 Å². The quantitative estimate of drug-likeness (QED) is 0.523. The number of halogens is 2. The van der Waals surface area contributed by atoms with Crippen LogP contribution in [-0.2, 0) is 9.59 Å². The van der Waals surface area contributed by atoms with Gasteiger partial charge in [-0.1, -0.05) is 54.4 Å². The summed E-state index contributed by atoms with van der Waals surface area (Å²) < 4.78 is 0. The molecule has 1 saturated carbocycles. The van der Waals surface area contributed by atoms with Crippen LogP contribution >= 0.6 is 23.2 Å². The summed E-state index contributed by atoms with van der Waals surface area (Å²) in [6, 6.07) is 14.2. The van der Waals surface area contributed by atoms with Crippen molar-refractivity contribution in [2.45, 2.75) is 63.6 Å². The van der Waals surface area contributed by atoms with Crippen LogP contribution in [0.2, 0.25) is 10.0 Å². The first-order valence-corrected chi connectivity index (χ1v) is 12.1. The lowest BCUT2D eigenvalue weighted by Crippen LogP contribution is -2.59. The molecular weight excluding hydrogens is 461 g/mol. The minimum atomic E-state index is -1.11. The molecule has 0 radical (unpaired) electrons. The zero-order valence-electron chi connectivity index (χ0n) is 18.7. The van der Waals surface area contributed by atoms with Crippen LogP contribution in [0.5, 0.6) is 0 Å². The molecule has 2 N–H and O–H groups in total. The maximum atomic E-state index is 14.1. The maximum absolute atomic E-state index is 14.1. The molecule has 2 aliphatic rings. The van der Waals surface area contributed by atoms with E-state index in [1.165, 1.54) is 0 Å². The summed E-state index contributed by atoms with van der Waals surface area (Å²) in [5, 5.41) is 21.6. The summed E-state index contributed by atoms with van der Waals surface area (Å²) in [5.74, 6) is -1.25. The Hall–Kier alpha value is -2.08. The van der Waals surface area contributed by atoms with Crippen molar-refractivity contribution in [2.24, 2.45) is 11.3 Å². The molecule has 7 heteroatoms. The fourth-order valence-electron chi connectivity index (χ4n) is 5.50. The summed E-state index contributed by atoms with van der Waals surface area (Å²) in [6.45, 7) is 3.45. The van der Waals surface area contributed by atoms with E-state index >= 15 is 0 Å². The largest absolute Gasteiger partial charge is 0.481 e. The maximum Gasteiger partial charge on any atom is 0.304 e. The molecule has 2 fully saturated rings. The zero-order valence-corrected chi connectivity index (χ0v) is 20.3. The summed E-state index contributed by atoms with van der Waals surface area (Å²) in [6.07, 6.45) is 1.21. The van der Waals surface area contributed by atoms with Crippen LogP contribution in [0.15, 0.2) is 48.5 Å². The predicted octanol–water partition coefficient (Wildman–Crippen LogP) is 5.69. The van der Waals surface area contributed by atoms with Crippen LogP contribution in [0.1, 0.15) is 62.6 Å². The van der Waals surface area contributed by atoms with E-state index < -0.39 is 23.5 Å². The average Bonchev–Trinajstić information content (AvgIpc) is 3.56. The van der Waals surface area contributed by atoms with E-state index in [0.29, 0.717) is 16.5 Å². The molecule has 33 heavy (non-hydrogen) atoms. The molecule has 1 heterocycles. The van der Waals surface area contributed by atoms with Gasteiger partial charge >= 0.3 is 5.97 Å². The topological polar surface area (TPSA) is 77.8 Å². The van der Waals surface area contributed by atoms with Gasteiger partial charge in [-0.3, -0.25) is 9.59 Å². The third-order valence-electron chi connectivity index (χ3n) is 7.05. The fourth-order valence-corrected chi connectivity index (χ4v) is 5.82. The molecule has 1 aliphatic carbocycles. The SMILES string of the molecule is C[C@H](O)[C@H](C1CC1)N1C(=O)[C@](C)(CC(=O)O)C[C@H](c2cccc(Cl)c2)[C@H]1c1ccc(Cl)cc1. The van der Waals surface area contributed by atoms with Crippen molar-refractivity contribution in [3.05, 3.63) is 69.7 Å². The normalized spacial score (nSPS) is 27.3. The minimum absolute atomic E-state index is 0.191. The second-order valence-electron chi connectivity index (χ2n) is 9.77. The van der Waals surface area contributed by atoms with Crippen LogP contribution in [0.4, 0.5) is 0 Å². The van der Waals surface area contributed by atoms with Gasteiger partial charge in [-0.25, -0.2) is 0 Å². The third-order valence-corrected chi connectivity index (χ3v) is 7.54. The van der Waals surface area contributed by atoms with Gasteiger partial charge in [-0.2, -0.15) is 0 Å². The second-order valence-corrected chi connectivity index (χ2v) is 10.6. The Balaban J connectivity index is 1.92. The van der Waals surface area contributed by atoms with Gasteiger partial charge < -0.3 is 15.1 Å². The van der Waals surface area contributed by atoms with Crippen LogP contribution in [-0.4, -0.2) is 39.1 Å². The van der Waals surface area contributed by atoms with E-state index in [2.05, 4.69) is 0 Å². The van der Waals surface area contributed by atoms with Gasteiger partial charge in [0, 0.05) is 16.0 Å². The Morgan fingerprint density at radius 1 is 1.12 bits per heavy atom. The van der Waals surface area contributed by atoms with Crippen LogP contribution in [0.25, 0.3) is 0 Å². The van der Waals surface area contributed by atoms with Crippen molar-refractivity contribution in [1.29, 1.82) is 0 Å². The number of nitrogens with zero attached hydrogens (tertiary/aromatic N) is 1. The molecule has 0 aromatic heterocycles. The highest BCUT2D eigenvalue weighted by Crippen LogP contribution is 2.54. The predicted molar refractivity (Wildman–Crippen MR) is 128 cm³/mol. The first kappa shape index (κ1) is 24.1. The second kappa shape index (κ2) is 9.28. The molecule has 176 valence electrons. The van der Waals surface area contributed by atoms with Crippen molar-refractivity contribution in [3.63, 3.8) is 0 Å². The Morgan fingerprint density at radius 2 is 1.79 bits per heavy atom. The van der Waals surface area contributed by atoms with Crippen molar-refractivity contribution >= 4 is 35.1 Å². The van der Waals surface area contributed by atoms with Crippen molar-refractivity contribution in [1.82, 2.24) is 4.90 Å². The number of aliphatic carboxylic acids is 1. The van der Waals surface area contributed by atoms with Crippen LogP contribution < -0.4 is 0 Å². The van der Waals surface area contributed by atoms with E-state index in [1.807, 2.05) is 30.3 Å². The van der Waals surface area contributed by atoms with E-state index in [9.17, 15) is 19.8 Å². The first-order valence-electron chi connectivity index (χ1n) is 11.3. The standard InChI is InChI=1S/C26H29Cl2NO4/c1-15(30)23(16-6-7-16)29-24(17-8-10-19(27)11-9-17)21(18-4-3-5-20(28)12-18)13-26(2,25(29)33)14-22(31)32/h3-5,8-12,15-16,21,23-24,30H,6-7,13-14H2,1-2H3,(H,31,32)/t15-,21+,23+,24+,26-/m0/s1. The number of likely N-dealkylation sites (tertiary alicyclic amines) is 1. The smallest absolute Gasteiger partial charge is 0.304 e. The highest BCUT2D eigenvalue weighted by atomic mass is 35.5. The number of aliphatic hydroxyl groups is 1. The molecule has 0 bridgehead atoms. The van der Waals surface area contributed by atoms with Gasteiger partial charge in [0.05, 0.1) is 30.0 Å². The molecule has 2 aromatic carbocycles. The Labute approximate surface area is 204 Å². The van der Waals surface area contributed by atoms with E-state index in [1.54, 1.807) is 36.9 Å². The van der Waals surface area contributed by atoms with E-state index in [0.717, 1.165) is 24.0 Å². The zero-order chi connectivity index (χ0) is 23.9. The molecule has 1 saturated heterocycles. The van der Waals surface area contributed by atoms with Crippen molar-refractivity contribution in [3.8, 4) is 0 Å². The highest BCUT2D eigenvalue weighted by Gasteiger charge is 2.55. The highest BCUT2D eigenvalue weighted by molar-refractivity contribution is 6.30. The fraction of sp³-hybridized carbons (Fsp3) is 0.462. The molecule has 5 nitrogen and oxygen atoms in total. The number of benzene rings is 2. The monoisotopic (exact) mass is 489 g/mol. The molecular formula is C26H29Cl2NO4. The van der Waals surface area contributed by atoms with Crippen molar-refractivity contribution < 1.29 is 19.8 Å². The number of carboxylic acids is 1. The summed E-state index contributed by atoms with van der Waals surface area (Å²) in [4.78, 5) is 27.7. The molecule has 4 rings (SSSR count). The average molecular weight is 490 g/mol. The van der Waals surface area contributed by atoms with E-state index in [4.69, 9.17) is 23.2 Å². The molecule has 1 aliphatic heterocycles. The summed E-state index contributed by atoms with van der Waals surface area (Å²) >= 11 is 12.5. The number of carbonyl (C=O) groups excluding carboxylic acids is 1. The lowest BCUT2D eigenvalue weighted by atomic mass is 9.66. The number of rotatable bonds is 7. The van der Waals surface area contributed by atoms with Gasteiger partial charge in [0.25, 0.3) is 0 Å². The Bertz CT molecular complexity index is 1030. The number of carboxylic acid groups (broad SMARTS) is 1. The van der Waals surface area contributed by atoms with Gasteiger partial charge in [0.15, 0.2) is 0 Å². The van der Waals surface area contributed by atoms with Gasteiger partial charge in [0.1, 0.15) is 0 Å². The van der Waals surface area contributed by atoms with Crippen LogP contribution in [0, 0.1) is 11.3 Å².